The lowest BCUT2D eigenvalue weighted by Crippen LogP contribution is -2.39. The van der Waals surface area contributed by atoms with Gasteiger partial charge in [-0.3, -0.25) is 4.99 Å². The third kappa shape index (κ3) is 5.51. The van der Waals surface area contributed by atoms with Crippen LogP contribution in [-0.4, -0.2) is 31.1 Å². The number of oxazole rings is 1. The van der Waals surface area contributed by atoms with Gasteiger partial charge in [-0.05, 0) is 25.0 Å². The third-order valence-electron chi connectivity index (χ3n) is 3.97. The average Bonchev–Trinajstić information content (AvgIpc) is 3.05. The Bertz CT molecular complexity index is 724. The standard InChI is InChI=1S/C20H30N4O2/c1-14-8-7-9-15(2)18(14)25-11-10-22-19(21-6)24-13-17-23-12-16(26-17)20(3,4)5/h7-9,12H,10-11,13H2,1-6H3,(H2,21,22,24). The molecule has 0 aliphatic heterocycles. The van der Waals surface area contributed by atoms with Crippen LogP contribution < -0.4 is 15.4 Å². The summed E-state index contributed by atoms with van der Waals surface area (Å²) < 4.78 is 11.7. The lowest BCUT2D eigenvalue weighted by Gasteiger charge is -2.14. The van der Waals surface area contributed by atoms with E-state index in [9.17, 15) is 0 Å². The first-order valence-electron chi connectivity index (χ1n) is 8.90. The quantitative estimate of drug-likeness (QED) is 0.471. The summed E-state index contributed by atoms with van der Waals surface area (Å²) in [5.74, 6) is 3.15. The molecule has 2 aromatic rings. The molecule has 142 valence electrons. The summed E-state index contributed by atoms with van der Waals surface area (Å²) in [5.41, 5.74) is 2.24. The highest BCUT2D eigenvalue weighted by molar-refractivity contribution is 5.79. The van der Waals surface area contributed by atoms with Gasteiger partial charge in [-0.2, -0.15) is 0 Å². The van der Waals surface area contributed by atoms with Crippen LogP contribution in [0.15, 0.2) is 33.8 Å². The first-order chi connectivity index (χ1) is 12.3. The highest BCUT2D eigenvalue weighted by Crippen LogP contribution is 2.23. The van der Waals surface area contributed by atoms with Crippen molar-refractivity contribution in [2.75, 3.05) is 20.2 Å². The number of nitrogens with one attached hydrogen (secondary N) is 2. The maximum absolute atomic E-state index is 5.89. The average molecular weight is 358 g/mol. The van der Waals surface area contributed by atoms with E-state index >= 15 is 0 Å². The summed E-state index contributed by atoms with van der Waals surface area (Å²) in [6, 6.07) is 6.15. The van der Waals surface area contributed by atoms with Crippen molar-refractivity contribution < 1.29 is 9.15 Å². The summed E-state index contributed by atoms with van der Waals surface area (Å²) in [7, 11) is 1.73. The van der Waals surface area contributed by atoms with E-state index in [1.807, 2.05) is 6.07 Å². The molecule has 0 spiro atoms. The van der Waals surface area contributed by atoms with Crippen molar-refractivity contribution in [1.82, 2.24) is 15.6 Å². The molecule has 0 amide bonds. The third-order valence-corrected chi connectivity index (χ3v) is 3.97. The maximum atomic E-state index is 5.89. The van der Waals surface area contributed by atoms with E-state index in [1.54, 1.807) is 13.2 Å². The predicted molar refractivity (Wildman–Crippen MR) is 105 cm³/mol. The second-order valence-electron chi connectivity index (χ2n) is 7.29. The SMILES string of the molecule is CN=C(NCCOc1c(C)cccc1C)NCc1ncc(C(C)(C)C)o1. The Kier molecular flexibility index (Phi) is 6.66. The molecule has 0 unspecified atom stereocenters. The molecule has 2 N–H and O–H groups in total. The number of benzene rings is 1. The summed E-state index contributed by atoms with van der Waals surface area (Å²) in [5, 5.41) is 6.43. The molecule has 6 heteroatoms. The highest BCUT2D eigenvalue weighted by atomic mass is 16.5. The summed E-state index contributed by atoms with van der Waals surface area (Å²) in [4.78, 5) is 8.52. The molecular formula is C20H30N4O2. The number of rotatable bonds is 6. The molecular weight excluding hydrogens is 328 g/mol. The van der Waals surface area contributed by atoms with Gasteiger partial charge in [0.2, 0.25) is 5.89 Å². The van der Waals surface area contributed by atoms with E-state index in [1.165, 1.54) is 0 Å². The predicted octanol–water partition coefficient (Wildman–Crippen LogP) is 3.33. The van der Waals surface area contributed by atoms with Gasteiger partial charge in [-0.25, -0.2) is 4.98 Å². The second kappa shape index (κ2) is 8.74. The van der Waals surface area contributed by atoms with E-state index in [-0.39, 0.29) is 5.41 Å². The van der Waals surface area contributed by atoms with Crippen LogP contribution in [0.5, 0.6) is 5.75 Å². The Labute approximate surface area is 156 Å². The first kappa shape index (κ1) is 19.8. The number of aliphatic imine (C=N–C) groups is 1. The largest absolute Gasteiger partial charge is 0.491 e. The number of aromatic nitrogens is 1. The minimum atomic E-state index is -0.0454. The minimum Gasteiger partial charge on any atom is -0.491 e. The number of hydrogen-bond donors (Lipinski definition) is 2. The van der Waals surface area contributed by atoms with Crippen molar-refractivity contribution in [3.63, 3.8) is 0 Å². The summed E-state index contributed by atoms with van der Waals surface area (Å²) >= 11 is 0. The molecule has 0 aliphatic carbocycles. The van der Waals surface area contributed by atoms with Crippen molar-refractivity contribution in [3.8, 4) is 5.75 Å². The monoisotopic (exact) mass is 358 g/mol. The van der Waals surface area contributed by atoms with Crippen molar-refractivity contribution in [2.45, 2.75) is 46.6 Å². The van der Waals surface area contributed by atoms with Crippen molar-refractivity contribution in [1.29, 1.82) is 0 Å². The lowest BCUT2D eigenvalue weighted by molar-refractivity contribution is 0.317. The Balaban J connectivity index is 1.77. The number of para-hydroxylation sites is 1. The summed E-state index contributed by atoms with van der Waals surface area (Å²) in [6.45, 7) is 12.1. The molecule has 0 atom stereocenters. The molecule has 1 aromatic carbocycles. The first-order valence-corrected chi connectivity index (χ1v) is 8.90. The van der Waals surface area contributed by atoms with Gasteiger partial charge in [-0.15, -0.1) is 0 Å². The second-order valence-corrected chi connectivity index (χ2v) is 7.29. The van der Waals surface area contributed by atoms with Crippen LogP contribution in [0.2, 0.25) is 0 Å². The molecule has 1 heterocycles. The molecule has 0 aliphatic rings. The number of nitrogens with zero attached hydrogens (tertiary/aromatic N) is 2. The molecule has 0 fully saturated rings. The molecule has 0 radical (unpaired) electrons. The molecule has 26 heavy (non-hydrogen) atoms. The fraction of sp³-hybridized carbons (Fsp3) is 0.500. The normalized spacial score (nSPS) is 12.2. The van der Waals surface area contributed by atoms with Gasteiger partial charge in [0.15, 0.2) is 5.96 Å². The zero-order valence-corrected chi connectivity index (χ0v) is 16.6. The highest BCUT2D eigenvalue weighted by Gasteiger charge is 2.19. The van der Waals surface area contributed by atoms with E-state index in [0.717, 1.165) is 22.6 Å². The fourth-order valence-corrected chi connectivity index (χ4v) is 2.47. The molecule has 2 rings (SSSR count). The van der Waals surface area contributed by atoms with Gasteiger partial charge in [0.05, 0.1) is 19.3 Å². The van der Waals surface area contributed by atoms with Crippen LogP contribution in [0.1, 0.15) is 43.5 Å². The van der Waals surface area contributed by atoms with Crippen molar-refractivity contribution in [3.05, 3.63) is 47.2 Å². The van der Waals surface area contributed by atoms with Gasteiger partial charge in [-0.1, -0.05) is 39.0 Å². The van der Waals surface area contributed by atoms with E-state index in [0.29, 0.717) is 31.5 Å². The van der Waals surface area contributed by atoms with Crippen LogP contribution in [0.25, 0.3) is 0 Å². The molecule has 1 aromatic heterocycles. The number of aryl methyl sites for hydroxylation is 2. The summed E-state index contributed by atoms with van der Waals surface area (Å²) in [6.07, 6.45) is 1.78. The van der Waals surface area contributed by atoms with Gasteiger partial charge in [0, 0.05) is 12.5 Å². The fourth-order valence-electron chi connectivity index (χ4n) is 2.47. The number of ether oxygens (including phenoxy) is 1. The van der Waals surface area contributed by atoms with Gasteiger partial charge >= 0.3 is 0 Å². The maximum Gasteiger partial charge on any atom is 0.213 e. The van der Waals surface area contributed by atoms with E-state index < -0.39 is 0 Å². The van der Waals surface area contributed by atoms with Crippen LogP contribution in [0.3, 0.4) is 0 Å². The smallest absolute Gasteiger partial charge is 0.213 e. The molecule has 0 saturated carbocycles. The molecule has 0 saturated heterocycles. The van der Waals surface area contributed by atoms with Gasteiger partial charge < -0.3 is 19.8 Å². The zero-order valence-electron chi connectivity index (χ0n) is 16.6. The lowest BCUT2D eigenvalue weighted by atomic mass is 9.94. The van der Waals surface area contributed by atoms with Gasteiger partial charge in [0.1, 0.15) is 18.1 Å². The molecule has 6 nitrogen and oxygen atoms in total. The Morgan fingerprint density at radius 1 is 1.19 bits per heavy atom. The van der Waals surface area contributed by atoms with E-state index in [2.05, 4.69) is 67.4 Å². The Morgan fingerprint density at radius 3 is 2.46 bits per heavy atom. The Morgan fingerprint density at radius 2 is 1.88 bits per heavy atom. The van der Waals surface area contributed by atoms with Crippen LogP contribution in [0.4, 0.5) is 0 Å². The Hall–Kier alpha value is -2.50. The zero-order chi connectivity index (χ0) is 19.2. The van der Waals surface area contributed by atoms with Crippen molar-refractivity contribution in [2.24, 2.45) is 4.99 Å². The van der Waals surface area contributed by atoms with Crippen LogP contribution in [0, 0.1) is 13.8 Å². The number of guanidine groups is 1. The molecule has 0 bridgehead atoms. The van der Waals surface area contributed by atoms with Crippen molar-refractivity contribution >= 4 is 5.96 Å². The van der Waals surface area contributed by atoms with Gasteiger partial charge in [0.25, 0.3) is 0 Å². The minimum absolute atomic E-state index is 0.0454. The van der Waals surface area contributed by atoms with Crippen LogP contribution in [-0.2, 0) is 12.0 Å². The topological polar surface area (TPSA) is 71.7 Å². The van der Waals surface area contributed by atoms with Crippen LogP contribution >= 0.6 is 0 Å². The number of hydrogen-bond acceptors (Lipinski definition) is 4. The van der Waals surface area contributed by atoms with E-state index in [4.69, 9.17) is 9.15 Å².